The van der Waals surface area contributed by atoms with E-state index in [1.54, 1.807) is 16.4 Å². The molecular weight excluding hydrogens is 144 g/mol. The van der Waals surface area contributed by atoms with Gasteiger partial charge in [0, 0.05) is 18.1 Å². The van der Waals surface area contributed by atoms with Crippen LogP contribution in [0.1, 0.15) is 13.8 Å². The van der Waals surface area contributed by atoms with Crippen LogP contribution in [0, 0.1) is 0 Å². The first-order valence-corrected chi connectivity index (χ1v) is 4.58. The van der Waals surface area contributed by atoms with Crippen molar-refractivity contribution in [3.05, 3.63) is 12.4 Å². The zero-order chi connectivity index (χ0) is 7.98. The molecule has 0 bridgehead atoms. The number of thioether (sulfide) groups is 1. The van der Waals surface area contributed by atoms with Crippen LogP contribution in [0.2, 0.25) is 0 Å². The van der Waals surface area contributed by atoms with Gasteiger partial charge in [0.1, 0.15) is 0 Å². The Hall–Kier alpha value is -0.440. The van der Waals surface area contributed by atoms with Crippen molar-refractivity contribution in [1.82, 2.24) is 9.78 Å². The van der Waals surface area contributed by atoms with Gasteiger partial charge in [-0.05, 0) is 6.26 Å². The third kappa shape index (κ3) is 2.92. The fourth-order valence-corrected chi connectivity index (χ4v) is 0.915. The van der Waals surface area contributed by atoms with E-state index in [2.05, 4.69) is 5.10 Å². The lowest BCUT2D eigenvalue weighted by molar-refractivity contribution is 0.766. The van der Waals surface area contributed by atoms with Gasteiger partial charge in [-0.3, -0.25) is 4.68 Å². The van der Waals surface area contributed by atoms with Gasteiger partial charge < -0.3 is 0 Å². The molecule has 0 radical (unpaired) electrons. The van der Waals surface area contributed by atoms with Gasteiger partial charge in [0.15, 0.2) is 0 Å². The zero-order valence-corrected chi connectivity index (χ0v) is 7.77. The van der Waals surface area contributed by atoms with Crippen molar-refractivity contribution in [3.63, 3.8) is 0 Å². The summed E-state index contributed by atoms with van der Waals surface area (Å²) in [5.41, 5.74) is 0. The van der Waals surface area contributed by atoms with Gasteiger partial charge in [-0.25, -0.2) is 0 Å². The summed E-state index contributed by atoms with van der Waals surface area (Å²) in [6.45, 7) is 4.00. The van der Waals surface area contributed by atoms with Crippen LogP contribution in [0.5, 0.6) is 0 Å². The molecule has 0 aliphatic heterocycles. The smallest absolute Gasteiger partial charge is 0.0625 e. The number of aryl methyl sites for hydroxylation is 1. The minimum atomic E-state index is 1.22. The van der Waals surface area contributed by atoms with Gasteiger partial charge in [-0.15, -0.1) is 11.8 Å². The largest absolute Gasteiger partial charge is 0.275 e. The SMILES string of the molecule is CC.CSc1cnn(C)c1. The maximum absolute atomic E-state index is 3.98. The molecule has 0 aromatic carbocycles. The molecule has 1 heterocycles. The van der Waals surface area contributed by atoms with Crippen molar-refractivity contribution < 1.29 is 0 Å². The number of nitrogens with zero attached hydrogens (tertiary/aromatic N) is 2. The average Bonchev–Trinajstić information content (AvgIpc) is 2.40. The van der Waals surface area contributed by atoms with Gasteiger partial charge in [0.25, 0.3) is 0 Å². The first-order chi connectivity index (χ1) is 4.83. The fourth-order valence-electron chi connectivity index (χ4n) is 0.504. The minimum absolute atomic E-state index is 1.22. The van der Waals surface area contributed by atoms with Crippen LogP contribution in [-0.2, 0) is 7.05 Å². The molecule has 10 heavy (non-hydrogen) atoms. The topological polar surface area (TPSA) is 17.8 Å². The number of rotatable bonds is 1. The summed E-state index contributed by atoms with van der Waals surface area (Å²) in [7, 11) is 1.92. The molecule has 2 nitrogen and oxygen atoms in total. The Morgan fingerprint density at radius 1 is 1.50 bits per heavy atom. The van der Waals surface area contributed by atoms with E-state index >= 15 is 0 Å². The molecule has 1 aromatic rings. The predicted molar refractivity (Wildman–Crippen MR) is 46.3 cm³/mol. The highest BCUT2D eigenvalue weighted by Crippen LogP contribution is 2.10. The predicted octanol–water partition coefficient (Wildman–Crippen LogP) is 2.17. The second-order valence-corrected chi connectivity index (χ2v) is 2.43. The molecule has 3 heteroatoms. The van der Waals surface area contributed by atoms with Gasteiger partial charge in [-0.1, -0.05) is 13.8 Å². The summed E-state index contributed by atoms with van der Waals surface area (Å²) in [6.07, 6.45) is 5.88. The fraction of sp³-hybridized carbons (Fsp3) is 0.571. The molecule has 0 saturated heterocycles. The molecule has 0 atom stereocenters. The second kappa shape index (κ2) is 5.35. The van der Waals surface area contributed by atoms with E-state index in [0.29, 0.717) is 0 Å². The van der Waals surface area contributed by atoms with Crippen molar-refractivity contribution >= 4 is 11.8 Å². The Bertz CT molecular complexity index is 172. The van der Waals surface area contributed by atoms with Crippen LogP contribution in [0.3, 0.4) is 0 Å². The average molecular weight is 158 g/mol. The summed E-state index contributed by atoms with van der Waals surface area (Å²) < 4.78 is 1.80. The maximum Gasteiger partial charge on any atom is 0.0625 e. The molecule has 0 fully saturated rings. The molecule has 0 saturated carbocycles. The third-order valence-corrected chi connectivity index (χ3v) is 1.60. The lowest BCUT2D eigenvalue weighted by Crippen LogP contribution is -1.83. The normalized spacial score (nSPS) is 8.40. The van der Waals surface area contributed by atoms with Crippen LogP contribution in [0.25, 0.3) is 0 Å². The second-order valence-electron chi connectivity index (χ2n) is 1.55. The standard InChI is InChI=1S/C5H8N2S.C2H6/c1-7-4-5(8-2)3-6-7;1-2/h3-4H,1-2H3;1-2H3. The van der Waals surface area contributed by atoms with E-state index in [4.69, 9.17) is 0 Å². The molecule has 0 amide bonds. The van der Waals surface area contributed by atoms with Gasteiger partial charge in [0.05, 0.1) is 6.20 Å². The summed E-state index contributed by atoms with van der Waals surface area (Å²) in [4.78, 5) is 1.22. The van der Waals surface area contributed by atoms with E-state index < -0.39 is 0 Å². The summed E-state index contributed by atoms with van der Waals surface area (Å²) >= 11 is 1.71. The first kappa shape index (κ1) is 9.56. The highest BCUT2D eigenvalue weighted by molar-refractivity contribution is 7.98. The van der Waals surface area contributed by atoms with E-state index in [9.17, 15) is 0 Å². The molecule has 1 aromatic heterocycles. The van der Waals surface area contributed by atoms with Gasteiger partial charge >= 0.3 is 0 Å². The minimum Gasteiger partial charge on any atom is -0.275 e. The van der Waals surface area contributed by atoms with E-state index in [0.717, 1.165) is 0 Å². The molecule has 0 aliphatic carbocycles. The molecular formula is C7H14N2S. The Balaban J connectivity index is 0.000000371. The van der Waals surface area contributed by atoms with Crippen molar-refractivity contribution in [2.24, 2.45) is 7.05 Å². The van der Waals surface area contributed by atoms with Crippen LogP contribution in [0.4, 0.5) is 0 Å². The molecule has 0 N–H and O–H groups in total. The molecule has 1 rings (SSSR count). The molecule has 0 aliphatic rings. The summed E-state index contributed by atoms with van der Waals surface area (Å²) in [5, 5.41) is 3.98. The number of hydrogen-bond donors (Lipinski definition) is 0. The Kier molecular flexibility index (Phi) is 5.12. The molecule has 0 unspecified atom stereocenters. The first-order valence-electron chi connectivity index (χ1n) is 3.35. The lowest BCUT2D eigenvalue weighted by Gasteiger charge is -1.81. The highest BCUT2D eigenvalue weighted by atomic mass is 32.2. The van der Waals surface area contributed by atoms with E-state index in [-0.39, 0.29) is 0 Å². The van der Waals surface area contributed by atoms with E-state index in [1.807, 2.05) is 39.5 Å². The lowest BCUT2D eigenvalue weighted by atomic mass is 10.7. The van der Waals surface area contributed by atoms with Crippen molar-refractivity contribution in [2.75, 3.05) is 6.26 Å². The van der Waals surface area contributed by atoms with Crippen molar-refractivity contribution in [3.8, 4) is 0 Å². The van der Waals surface area contributed by atoms with Crippen molar-refractivity contribution in [2.45, 2.75) is 18.7 Å². The monoisotopic (exact) mass is 158 g/mol. The van der Waals surface area contributed by atoms with Crippen LogP contribution >= 0.6 is 11.8 Å². The third-order valence-electron chi connectivity index (χ3n) is 0.917. The maximum atomic E-state index is 3.98. The number of hydrogen-bond acceptors (Lipinski definition) is 2. The Labute approximate surface area is 66.6 Å². The van der Waals surface area contributed by atoms with Crippen molar-refractivity contribution in [1.29, 1.82) is 0 Å². The van der Waals surface area contributed by atoms with Crippen LogP contribution < -0.4 is 0 Å². The Morgan fingerprint density at radius 3 is 2.30 bits per heavy atom. The molecule has 0 spiro atoms. The summed E-state index contributed by atoms with van der Waals surface area (Å²) in [5.74, 6) is 0. The quantitative estimate of drug-likeness (QED) is 0.583. The highest BCUT2D eigenvalue weighted by Gasteiger charge is 1.88. The van der Waals surface area contributed by atoms with Gasteiger partial charge in [0.2, 0.25) is 0 Å². The summed E-state index contributed by atoms with van der Waals surface area (Å²) in [6, 6.07) is 0. The van der Waals surface area contributed by atoms with Gasteiger partial charge in [-0.2, -0.15) is 5.10 Å². The number of aromatic nitrogens is 2. The zero-order valence-electron chi connectivity index (χ0n) is 6.96. The van der Waals surface area contributed by atoms with Crippen LogP contribution in [0.15, 0.2) is 17.3 Å². The molecule has 58 valence electrons. The van der Waals surface area contributed by atoms with E-state index in [1.165, 1.54) is 4.90 Å². The Morgan fingerprint density at radius 2 is 2.10 bits per heavy atom. The van der Waals surface area contributed by atoms with Crippen LogP contribution in [-0.4, -0.2) is 16.0 Å².